The van der Waals surface area contributed by atoms with Crippen LogP contribution in [0.2, 0.25) is 0 Å². The van der Waals surface area contributed by atoms with Gasteiger partial charge >= 0.3 is 0 Å². The molecule has 1 aromatic rings. The number of nitrogen functional groups attached to an aromatic ring is 1. The van der Waals surface area contributed by atoms with Crippen LogP contribution in [0.3, 0.4) is 0 Å². The van der Waals surface area contributed by atoms with Gasteiger partial charge in [-0.25, -0.2) is 4.98 Å². The van der Waals surface area contributed by atoms with Crippen LogP contribution in [-0.2, 0) is 0 Å². The van der Waals surface area contributed by atoms with Gasteiger partial charge in [0.05, 0.1) is 22.5 Å². The topological polar surface area (TPSA) is 62.4 Å². The van der Waals surface area contributed by atoms with E-state index in [9.17, 15) is 5.11 Å². The number of hydrogen-bond acceptors (Lipinski definition) is 4. The van der Waals surface area contributed by atoms with Gasteiger partial charge in [-0.15, -0.1) is 0 Å². The second kappa shape index (κ2) is 4.46. The van der Waals surface area contributed by atoms with Crippen LogP contribution in [-0.4, -0.2) is 29.3 Å². The Balaban J connectivity index is 2.24. The van der Waals surface area contributed by atoms with Gasteiger partial charge in [0, 0.05) is 18.5 Å². The molecule has 0 spiro atoms. The van der Waals surface area contributed by atoms with Crippen molar-refractivity contribution >= 4 is 27.4 Å². The van der Waals surface area contributed by atoms with Crippen molar-refractivity contribution in [3.63, 3.8) is 0 Å². The zero-order valence-electron chi connectivity index (χ0n) is 10.2. The molecule has 1 aliphatic rings. The van der Waals surface area contributed by atoms with Crippen LogP contribution < -0.4 is 10.6 Å². The monoisotopic (exact) mass is 299 g/mol. The van der Waals surface area contributed by atoms with E-state index in [2.05, 4.69) is 39.7 Å². The Morgan fingerprint density at radius 2 is 2.29 bits per heavy atom. The fraction of sp³-hybridized carbons (Fsp3) is 0.583. The van der Waals surface area contributed by atoms with Crippen molar-refractivity contribution in [2.24, 2.45) is 5.41 Å². The number of aliphatic hydroxyl groups excluding tert-OH is 1. The summed E-state index contributed by atoms with van der Waals surface area (Å²) in [6.45, 7) is 5.77. The Morgan fingerprint density at radius 3 is 2.88 bits per heavy atom. The summed E-state index contributed by atoms with van der Waals surface area (Å²) in [7, 11) is 0. The number of aliphatic hydroxyl groups is 1. The van der Waals surface area contributed by atoms with Crippen molar-refractivity contribution < 1.29 is 5.11 Å². The molecule has 0 radical (unpaired) electrons. The Hall–Kier alpha value is -0.810. The van der Waals surface area contributed by atoms with Crippen LogP contribution in [0.4, 0.5) is 11.5 Å². The number of pyridine rings is 1. The Morgan fingerprint density at radius 1 is 1.59 bits per heavy atom. The maximum absolute atomic E-state index is 9.94. The van der Waals surface area contributed by atoms with E-state index in [1.54, 1.807) is 6.20 Å². The predicted octanol–water partition coefficient (Wildman–Crippen LogP) is 2.02. The first-order chi connectivity index (χ1) is 7.90. The molecule has 1 aromatic heterocycles. The van der Waals surface area contributed by atoms with Gasteiger partial charge in [0.1, 0.15) is 5.82 Å². The highest BCUT2D eigenvalue weighted by atomic mass is 79.9. The van der Waals surface area contributed by atoms with Gasteiger partial charge in [-0.2, -0.15) is 0 Å². The average molecular weight is 300 g/mol. The summed E-state index contributed by atoms with van der Waals surface area (Å²) >= 11 is 3.49. The largest absolute Gasteiger partial charge is 0.397 e. The van der Waals surface area contributed by atoms with Gasteiger partial charge in [0.2, 0.25) is 0 Å². The number of anilines is 2. The Bertz CT molecular complexity index is 422. The highest BCUT2D eigenvalue weighted by molar-refractivity contribution is 9.10. The van der Waals surface area contributed by atoms with Crippen LogP contribution >= 0.6 is 15.9 Å². The molecule has 3 N–H and O–H groups in total. The highest BCUT2D eigenvalue weighted by Gasteiger charge is 2.35. The minimum atomic E-state index is -0.244. The lowest BCUT2D eigenvalue weighted by Gasteiger charge is -2.42. The van der Waals surface area contributed by atoms with Crippen LogP contribution in [0.1, 0.15) is 20.3 Å². The summed E-state index contributed by atoms with van der Waals surface area (Å²) in [5.74, 6) is 0.902. The first-order valence-electron chi connectivity index (χ1n) is 5.74. The van der Waals surface area contributed by atoms with Crippen molar-refractivity contribution in [3.8, 4) is 0 Å². The molecule has 1 fully saturated rings. The molecule has 1 unspecified atom stereocenters. The normalized spacial score (nSPS) is 23.8. The lowest BCUT2D eigenvalue weighted by Crippen LogP contribution is -2.49. The summed E-state index contributed by atoms with van der Waals surface area (Å²) in [6, 6.07) is 1.86. The first kappa shape index (κ1) is 12.6. The first-order valence-corrected chi connectivity index (χ1v) is 6.53. The van der Waals surface area contributed by atoms with Crippen LogP contribution in [0.15, 0.2) is 16.7 Å². The highest BCUT2D eigenvalue weighted by Crippen LogP contribution is 2.34. The quantitative estimate of drug-likeness (QED) is 0.833. The number of hydrogen-bond donors (Lipinski definition) is 2. The van der Waals surface area contributed by atoms with E-state index in [4.69, 9.17) is 5.73 Å². The Kier molecular flexibility index (Phi) is 3.32. The molecule has 1 aliphatic heterocycles. The van der Waals surface area contributed by atoms with Gasteiger partial charge in [-0.05, 0) is 28.4 Å². The minimum Gasteiger partial charge on any atom is -0.397 e. The third-order valence-electron chi connectivity index (χ3n) is 3.32. The van der Waals surface area contributed by atoms with Gasteiger partial charge in [0.25, 0.3) is 0 Å². The lowest BCUT2D eigenvalue weighted by atomic mass is 9.81. The van der Waals surface area contributed by atoms with Gasteiger partial charge < -0.3 is 15.7 Å². The number of piperidine rings is 1. The van der Waals surface area contributed by atoms with E-state index in [0.29, 0.717) is 5.69 Å². The van der Waals surface area contributed by atoms with Crippen LogP contribution in [0.5, 0.6) is 0 Å². The summed E-state index contributed by atoms with van der Waals surface area (Å²) in [5.41, 5.74) is 6.22. The Labute approximate surface area is 110 Å². The van der Waals surface area contributed by atoms with E-state index in [0.717, 1.165) is 29.8 Å². The summed E-state index contributed by atoms with van der Waals surface area (Å²) in [6.07, 6.45) is 2.19. The van der Waals surface area contributed by atoms with E-state index < -0.39 is 0 Å². The fourth-order valence-electron chi connectivity index (χ4n) is 2.20. The third-order valence-corrected chi connectivity index (χ3v) is 3.90. The number of aromatic nitrogens is 1. The predicted molar refractivity (Wildman–Crippen MR) is 73.0 cm³/mol. The SMILES string of the molecule is CC1(C)CN(c2ncc(N)cc2Br)CCC1O. The van der Waals surface area contributed by atoms with E-state index in [1.165, 1.54) is 0 Å². The third kappa shape index (κ3) is 2.55. The van der Waals surface area contributed by atoms with Crippen molar-refractivity contribution in [2.75, 3.05) is 23.7 Å². The maximum Gasteiger partial charge on any atom is 0.143 e. The molecule has 0 aromatic carbocycles. The molecule has 1 atom stereocenters. The molecule has 2 heterocycles. The molecule has 4 nitrogen and oxygen atoms in total. The molecular weight excluding hydrogens is 282 g/mol. The number of nitrogens with two attached hydrogens (primary N) is 1. The second-order valence-electron chi connectivity index (χ2n) is 5.29. The molecule has 5 heteroatoms. The fourth-order valence-corrected chi connectivity index (χ4v) is 2.82. The van der Waals surface area contributed by atoms with Crippen molar-refractivity contribution in [3.05, 3.63) is 16.7 Å². The number of nitrogens with zero attached hydrogens (tertiary/aromatic N) is 2. The molecule has 0 amide bonds. The van der Waals surface area contributed by atoms with Crippen molar-refractivity contribution in [2.45, 2.75) is 26.4 Å². The minimum absolute atomic E-state index is 0.110. The number of halogens is 1. The van der Waals surface area contributed by atoms with Gasteiger partial charge in [-0.1, -0.05) is 13.8 Å². The van der Waals surface area contributed by atoms with Gasteiger partial charge in [0.15, 0.2) is 0 Å². The van der Waals surface area contributed by atoms with Gasteiger partial charge in [-0.3, -0.25) is 0 Å². The zero-order valence-corrected chi connectivity index (χ0v) is 11.7. The second-order valence-corrected chi connectivity index (χ2v) is 6.14. The molecule has 0 saturated carbocycles. The van der Waals surface area contributed by atoms with Crippen molar-refractivity contribution in [1.82, 2.24) is 4.98 Å². The van der Waals surface area contributed by atoms with Crippen LogP contribution in [0.25, 0.3) is 0 Å². The average Bonchev–Trinajstić information content (AvgIpc) is 2.22. The molecule has 0 bridgehead atoms. The number of rotatable bonds is 1. The summed E-state index contributed by atoms with van der Waals surface area (Å²) < 4.78 is 0.907. The van der Waals surface area contributed by atoms with E-state index in [-0.39, 0.29) is 11.5 Å². The van der Waals surface area contributed by atoms with Crippen molar-refractivity contribution in [1.29, 1.82) is 0 Å². The smallest absolute Gasteiger partial charge is 0.143 e. The molecule has 2 rings (SSSR count). The van der Waals surface area contributed by atoms with E-state index >= 15 is 0 Å². The molecular formula is C12H18BrN3O. The maximum atomic E-state index is 9.94. The molecule has 0 aliphatic carbocycles. The summed E-state index contributed by atoms with van der Waals surface area (Å²) in [5, 5.41) is 9.94. The van der Waals surface area contributed by atoms with Crippen LogP contribution in [0, 0.1) is 5.41 Å². The van der Waals surface area contributed by atoms with E-state index in [1.807, 2.05) is 6.07 Å². The molecule has 17 heavy (non-hydrogen) atoms. The molecule has 1 saturated heterocycles. The zero-order chi connectivity index (χ0) is 12.6. The standard InChI is InChI=1S/C12H18BrN3O/c1-12(2)7-16(4-3-10(12)17)11-9(13)5-8(14)6-15-11/h5-6,10,17H,3-4,7,14H2,1-2H3. The lowest BCUT2D eigenvalue weighted by molar-refractivity contribution is 0.0334. The summed E-state index contributed by atoms with van der Waals surface area (Å²) in [4.78, 5) is 6.56. The molecule has 94 valence electrons.